The molecule has 1 fully saturated rings. The zero-order valence-corrected chi connectivity index (χ0v) is 13.5. The van der Waals surface area contributed by atoms with E-state index in [1.807, 2.05) is 6.92 Å². The number of hydrogen-bond acceptors (Lipinski definition) is 3. The molecule has 1 aromatic carbocycles. The van der Waals surface area contributed by atoms with Crippen molar-refractivity contribution in [2.75, 3.05) is 13.1 Å². The van der Waals surface area contributed by atoms with Gasteiger partial charge in [-0.2, -0.15) is 0 Å². The molecule has 22 heavy (non-hydrogen) atoms. The number of amides is 1. The molecule has 0 radical (unpaired) electrons. The van der Waals surface area contributed by atoms with Gasteiger partial charge in [0.15, 0.2) is 17.7 Å². The molecule has 1 saturated heterocycles. The molecule has 0 aromatic heterocycles. The predicted octanol–water partition coefficient (Wildman–Crippen LogP) is 2.57. The van der Waals surface area contributed by atoms with Crippen molar-refractivity contribution < 1.29 is 13.9 Å². The van der Waals surface area contributed by atoms with E-state index in [0.29, 0.717) is 19.5 Å². The fourth-order valence-corrected chi connectivity index (χ4v) is 2.77. The number of para-hydroxylation sites is 1. The summed E-state index contributed by atoms with van der Waals surface area (Å²) in [7, 11) is 0. The number of carbonyl (C=O) groups is 1. The number of piperidine rings is 1. The van der Waals surface area contributed by atoms with Gasteiger partial charge in [0.1, 0.15) is 0 Å². The number of likely N-dealkylation sites (tertiary alicyclic amines) is 1. The van der Waals surface area contributed by atoms with E-state index in [-0.39, 0.29) is 23.1 Å². The summed E-state index contributed by atoms with van der Waals surface area (Å²) in [6.45, 7) is 7.22. The lowest BCUT2D eigenvalue weighted by Crippen LogP contribution is -2.56. The highest BCUT2D eigenvalue weighted by atomic mass is 19.1. The van der Waals surface area contributed by atoms with Gasteiger partial charge in [0.25, 0.3) is 5.91 Å². The van der Waals surface area contributed by atoms with Crippen LogP contribution in [0.3, 0.4) is 0 Å². The number of benzene rings is 1. The number of ether oxygens (including phenoxy) is 1. The third-order valence-electron chi connectivity index (χ3n) is 4.38. The lowest BCUT2D eigenvalue weighted by Gasteiger charge is -2.43. The third-order valence-corrected chi connectivity index (χ3v) is 4.38. The summed E-state index contributed by atoms with van der Waals surface area (Å²) in [6, 6.07) is 6.25. The van der Waals surface area contributed by atoms with Gasteiger partial charge < -0.3 is 15.4 Å². The number of carbonyl (C=O) groups excluding carboxylic acids is 1. The van der Waals surface area contributed by atoms with E-state index in [0.717, 1.165) is 6.42 Å². The van der Waals surface area contributed by atoms with E-state index in [1.54, 1.807) is 23.1 Å². The van der Waals surface area contributed by atoms with Crippen LogP contribution in [0.15, 0.2) is 24.3 Å². The maximum atomic E-state index is 13.7. The molecular weight excluding hydrogens is 283 g/mol. The summed E-state index contributed by atoms with van der Waals surface area (Å²) in [5.41, 5.74) is 5.99. The van der Waals surface area contributed by atoms with Crippen LogP contribution in [0.5, 0.6) is 5.75 Å². The van der Waals surface area contributed by atoms with E-state index in [9.17, 15) is 9.18 Å². The summed E-state index contributed by atoms with van der Waals surface area (Å²) in [4.78, 5) is 14.5. The van der Waals surface area contributed by atoms with Crippen molar-refractivity contribution in [3.05, 3.63) is 30.1 Å². The van der Waals surface area contributed by atoms with Gasteiger partial charge in [-0.05, 0) is 30.4 Å². The van der Waals surface area contributed by atoms with Crippen LogP contribution >= 0.6 is 0 Å². The molecule has 1 aliphatic rings. The lowest BCUT2D eigenvalue weighted by atomic mass is 9.79. The molecule has 1 heterocycles. The van der Waals surface area contributed by atoms with E-state index < -0.39 is 11.9 Å². The van der Waals surface area contributed by atoms with Crippen molar-refractivity contribution in [3.8, 4) is 5.75 Å². The second-order valence-electron chi connectivity index (χ2n) is 6.59. The molecule has 0 spiro atoms. The molecule has 0 saturated carbocycles. The standard InChI is InChI=1S/C17H25FN2O2/c1-4-13(22-14-8-6-5-7-12(14)18)16(21)20-10-9-15(19)17(2,3)11-20/h5-8,13,15H,4,9-11,19H2,1-3H3. The second kappa shape index (κ2) is 6.65. The predicted molar refractivity (Wildman–Crippen MR) is 84.1 cm³/mol. The third kappa shape index (κ3) is 3.58. The fraction of sp³-hybridized carbons (Fsp3) is 0.588. The SMILES string of the molecule is CCC(Oc1ccccc1F)C(=O)N1CCC(N)C(C)(C)C1. The highest BCUT2D eigenvalue weighted by Gasteiger charge is 2.37. The Kier molecular flexibility index (Phi) is 5.06. The van der Waals surface area contributed by atoms with Crippen molar-refractivity contribution in [2.45, 2.75) is 45.8 Å². The number of nitrogens with two attached hydrogens (primary N) is 1. The fourth-order valence-electron chi connectivity index (χ4n) is 2.77. The minimum atomic E-state index is -0.665. The van der Waals surface area contributed by atoms with Crippen LogP contribution < -0.4 is 10.5 Å². The first-order chi connectivity index (χ1) is 10.3. The first-order valence-electron chi connectivity index (χ1n) is 7.80. The van der Waals surface area contributed by atoms with Crippen LogP contribution in [0.2, 0.25) is 0 Å². The van der Waals surface area contributed by atoms with Gasteiger partial charge in [-0.3, -0.25) is 4.79 Å². The summed E-state index contributed by atoms with van der Waals surface area (Å²) in [5, 5.41) is 0. The summed E-state index contributed by atoms with van der Waals surface area (Å²) in [5.74, 6) is -0.420. The summed E-state index contributed by atoms with van der Waals surface area (Å²) < 4.78 is 19.3. The molecule has 1 aliphatic heterocycles. The average Bonchev–Trinajstić information content (AvgIpc) is 2.48. The molecule has 2 rings (SSSR count). The molecular formula is C17H25FN2O2. The molecule has 1 amide bonds. The van der Waals surface area contributed by atoms with E-state index in [2.05, 4.69) is 13.8 Å². The van der Waals surface area contributed by atoms with Crippen LogP contribution in [0.25, 0.3) is 0 Å². The second-order valence-corrected chi connectivity index (χ2v) is 6.59. The molecule has 0 bridgehead atoms. The Morgan fingerprint density at radius 2 is 2.18 bits per heavy atom. The Balaban J connectivity index is 2.08. The highest BCUT2D eigenvalue weighted by molar-refractivity contribution is 5.81. The van der Waals surface area contributed by atoms with E-state index >= 15 is 0 Å². The molecule has 2 N–H and O–H groups in total. The normalized spacial score (nSPS) is 22.2. The molecule has 0 aliphatic carbocycles. The van der Waals surface area contributed by atoms with Crippen molar-refractivity contribution in [1.29, 1.82) is 0 Å². The lowest BCUT2D eigenvalue weighted by molar-refractivity contribution is -0.142. The van der Waals surface area contributed by atoms with Gasteiger partial charge in [0.05, 0.1) is 0 Å². The number of rotatable bonds is 4. The number of halogens is 1. The molecule has 122 valence electrons. The first kappa shape index (κ1) is 16.7. The van der Waals surface area contributed by atoms with Crippen molar-refractivity contribution >= 4 is 5.91 Å². The molecule has 1 aromatic rings. The molecule has 5 heteroatoms. The Morgan fingerprint density at radius 3 is 2.77 bits per heavy atom. The van der Waals surface area contributed by atoms with Gasteiger partial charge in [-0.1, -0.05) is 32.9 Å². The minimum Gasteiger partial charge on any atom is -0.478 e. The molecule has 2 unspecified atom stereocenters. The zero-order chi connectivity index (χ0) is 16.3. The van der Waals surface area contributed by atoms with Gasteiger partial charge in [-0.25, -0.2) is 4.39 Å². The minimum absolute atomic E-state index is 0.0871. The summed E-state index contributed by atoms with van der Waals surface area (Å²) >= 11 is 0. The van der Waals surface area contributed by atoms with Crippen molar-refractivity contribution in [1.82, 2.24) is 4.90 Å². The smallest absolute Gasteiger partial charge is 0.263 e. The monoisotopic (exact) mass is 308 g/mol. The zero-order valence-electron chi connectivity index (χ0n) is 13.5. The van der Waals surface area contributed by atoms with E-state index in [4.69, 9.17) is 10.5 Å². The Morgan fingerprint density at radius 1 is 1.50 bits per heavy atom. The number of hydrogen-bond donors (Lipinski definition) is 1. The largest absolute Gasteiger partial charge is 0.478 e. The van der Waals surface area contributed by atoms with Gasteiger partial charge in [0.2, 0.25) is 0 Å². The number of nitrogens with zero attached hydrogens (tertiary/aromatic N) is 1. The van der Waals surface area contributed by atoms with Crippen LogP contribution in [-0.4, -0.2) is 36.0 Å². The highest BCUT2D eigenvalue weighted by Crippen LogP contribution is 2.29. The van der Waals surface area contributed by atoms with Crippen LogP contribution in [-0.2, 0) is 4.79 Å². The Labute approximate surface area is 131 Å². The Hall–Kier alpha value is -1.62. The maximum absolute atomic E-state index is 13.7. The van der Waals surface area contributed by atoms with Gasteiger partial charge >= 0.3 is 0 Å². The maximum Gasteiger partial charge on any atom is 0.263 e. The van der Waals surface area contributed by atoms with Crippen LogP contribution in [0, 0.1) is 11.2 Å². The van der Waals surface area contributed by atoms with Crippen LogP contribution in [0.1, 0.15) is 33.6 Å². The van der Waals surface area contributed by atoms with Crippen molar-refractivity contribution in [2.24, 2.45) is 11.1 Å². The molecule has 4 nitrogen and oxygen atoms in total. The van der Waals surface area contributed by atoms with Gasteiger partial charge in [-0.15, -0.1) is 0 Å². The first-order valence-corrected chi connectivity index (χ1v) is 7.80. The van der Waals surface area contributed by atoms with Crippen molar-refractivity contribution in [3.63, 3.8) is 0 Å². The average molecular weight is 308 g/mol. The van der Waals surface area contributed by atoms with Crippen LogP contribution in [0.4, 0.5) is 4.39 Å². The van der Waals surface area contributed by atoms with E-state index in [1.165, 1.54) is 6.07 Å². The summed E-state index contributed by atoms with van der Waals surface area (Å²) in [6.07, 6.45) is 0.604. The van der Waals surface area contributed by atoms with Gasteiger partial charge in [0, 0.05) is 19.1 Å². The molecule has 2 atom stereocenters. The quantitative estimate of drug-likeness (QED) is 0.930. The topological polar surface area (TPSA) is 55.6 Å². The Bertz CT molecular complexity index is 533.